The van der Waals surface area contributed by atoms with Crippen molar-refractivity contribution in [2.75, 3.05) is 66.4 Å². The van der Waals surface area contributed by atoms with Crippen molar-refractivity contribution < 1.29 is 37.1 Å². The molecule has 0 saturated carbocycles. The van der Waals surface area contributed by atoms with E-state index in [1.165, 1.54) is 141 Å². The quantitative estimate of drug-likeness (QED) is 0.0376. The predicted octanol–water partition coefficient (Wildman–Crippen LogP) is 11.3. The van der Waals surface area contributed by atoms with Crippen molar-refractivity contribution in [3.05, 3.63) is 0 Å². The fraction of sp³-hybridized carbons (Fsp3) is 1.00. The maximum Gasteiger partial charge on any atom is 0.474 e. The van der Waals surface area contributed by atoms with Crippen LogP contribution >= 0.6 is 7.82 Å². The third kappa shape index (κ3) is 38.7. The number of rotatable bonds is 43. The van der Waals surface area contributed by atoms with E-state index < -0.39 is 7.82 Å². The highest BCUT2D eigenvalue weighted by Gasteiger charge is 2.26. The lowest BCUT2D eigenvalue weighted by atomic mass is 10.1. The van der Waals surface area contributed by atoms with Crippen LogP contribution in [0.5, 0.6) is 0 Å². The van der Waals surface area contributed by atoms with Gasteiger partial charge in [0.15, 0.2) is 0 Å². The van der Waals surface area contributed by atoms with E-state index in [1.54, 1.807) is 0 Å². The smallest absolute Gasteiger partial charge is 0.355 e. The molecule has 48 heavy (non-hydrogen) atoms. The Bertz CT molecular complexity index is 600. The van der Waals surface area contributed by atoms with Gasteiger partial charge in [-0.1, -0.05) is 155 Å². The van der Waals surface area contributed by atoms with Gasteiger partial charge in [-0.25, -0.2) is 4.57 Å². The molecule has 2 N–H and O–H groups in total. The Morgan fingerprint density at radius 3 is 0.938 bits per heavy atom. The van der Waals surface area contributed by atoms with Crippen molar-refractivity contribution in [3.63, 3.8) is 0 Å². The number of ether oxygens (including phenoxy) is 4. The molecule has 0 saturated heterocycles. The fourth-order valence-corrected chi connectivity index (χ4v) is 6.65. The second-order valence-corrected chi connectivity index (χ2v) is 14.8. The number of phosphoric ester groups is 1. The van der Waals surface area contributed by atoms with Gasteiger partial charge >= 0.3 is 7.82 Å². The Labute approximate surface area is 297 Å². The van der Waals surface area contributed by atoms with E-state index in [4.69, 9.17) is 38.3 Å². The second-order valence-electron chi connectivity index (χ2n) is 13.1. The molecule has 0 aliphatic carbocycles. The molecule has 0 unspecified atom stereocenters. The van der Waals surface area contributed by atoms with Crippen LogP contribution in [0.1, 0.15) is 181 Å². The van der Waals surface area contributed by atoms with Gasteiger partial charge in [-0.2, -0.15) is 0 Å². The molecule has 0 rings (SSSR count). The molecule has 0 amide bonds. The summed E-state index contributed by atoms with van der Waals surface area (Å²) in [5.74, 6) is 0. The summed E-state index contributed by atoms with van der Waals surface area (Å²) in [6.45, 7) is 8.13. The summed E-state index contributed by atoms with van der Waals surface area (Å²) in [5, 5.41) is 0. The number of nitrogens with two attached hydrogens (primary N) is 1. The molecule has 0 heterocycles. The van der Waals surface area contributed by atoms with Crippen molar-refractivity contribution in [2.45, 2.75) is 181 Å². The molecular weight excluding hydrogens is 629 g/mol. The van der Waals surface area contributed by atoms with Crippen LogP contribution in [0.15, 0.2) is 0 Å². The highest BCUT2D eigenvalue weighted by atomic mass is 31.2. The van der Waals surface area contributed by atoms with Crippen molar-refractivity contribution in [1.29, 1.82) is 0 Å². The standard InChI is InChI=1S/C38H80NO8P/c1-3-5-7-9-11-13-15-17-19-21-23-25-30-41-37-43-32-27-34-45-48(40,47-36-29-39)46-35-28-33-44-38-42-31-26-24-22-20-18-16-14-12-10-8-6-4-2/h3-39H2,1-2H3. The Kier molecular flexibility index (Phi) is 41.3. The average molecular weight is 710 g/mol. The molecule has 0 atom stereocenters. The lowest BCUT2D eigenvalue weighted by molar-refractivity contribution is -0.0585. The van der Waals surface area contributed by atoms with Gasteiger partial charge in [-0.15, -0.1) is 0 Å². The molecule has 0 aromatic rings. The van der Waals surface area contributed by atoms with Crippen LogP contribution in [-0.4, -0.2) is 66.4 Å². The summed E-state index contributed by atoms with van der Waals surface area (Å²) in [6, 6.07) is 0. The van der Waals surface area contributed by atoms with E-state index in [9.17, 15) is 4.57 Å². The van der Waals surface area contributed by atoms with E-state index in [1.807, 2.05) is 0 Å². The summed E-state index contributed by atoms with van der Waals surface area (Å²) in [5.41, 5.74) is 5.52. The fourth-order valence-electron chi connectivity index (χ4n) is 5.39. The van der Waals surface area contributed by atoms with Crippen LogP contribution in [0.3, 0.4) is 0 Å². The average Bonchev–Trinajstić information content (AvgIpc) is 3.09. The van der Waals surface area contributed by atoms with Crippen LogP contribution in [0.2, 0.25) is 0 Å². The Hall–Kier alpha value is -0.0900. The molecule has 0 aliphatic rings. The SMILES string of the molecule is CCCCCCCCCCCCCCOCOCCCOP(=O)(OCCN)OCCCOCOCCCCCCCCCCCCCC. The van der Waals surface area contributed by atoms with E-state index in [0.717, 1.165) is 26.1 Å². The van der Waals surface area contributed by atoms with E-state index in [-0.39, 0.29) is 40.0 Å². The number of unbranched alkanes of at least 4 members (excludes halogenated alkanes) is 22. The minimum atomic E-state index is -3.67. The summed E-state index contributed by atoms with van der Waals surface area (Å²) < 4.78 is 51.3. The maximum atomic E-state index is 12.9. The van der Waals surface area contributed by atoms with Gasteiger partial charge in [-0.3, -0.25) is 13.6 Å². The molecule has 9 nitrogen and oxygen atoms in total. The second kappa shape index (κ2) is 41.3. The summed E-state index contributed by atoms with van der Waals surface area (Å²) in [6.07, 6.45) is 33.0. The summed E-state index contributed by atoms with van der Waals surface area (Å²) in [7, 11) is -3.67. The van der Waals surface area contributed by atoms with Gasteiger partial charge in [0.05, 0.1) is 33.0 Å². The van der Waals surface area contributed by atoms with Gasteiger partial charge in [0, 0.05) is 19.8 Å². The van der Waals surface area contributed by atoms with Crippen molar-refractivity contribution in [3.8, 4) is 0 Å². The maximum absolute atomic E-state index is 12.9. The van der Waals surface area contributed by atoms with Crippen LogP contribution in [-0.2, 0) is 37.1 Å². The zero-order valence-electron chi connectivity index (χ0n) is 31.7. The largest absolute Gasteiger partial charge is 0.474 e. The van der Waals surface area contributed by atoms with Crippen LogP contribution in [0.4, 0.5) is 0 Å². The van der Waals surface area contributed by atoms with Gasteiger partial charge in [-0.05, 0) is 25.7 Å². The number of hydrogen-bond donors (Lipinski definition) is 1. The molecule has 0 bridgehead atoms. The third-order valence-electron chi connectivity index (χ3n) is 8.35. The number of hydrogen-bond acceptors (Lipinski definition) is 9. The minimum absolute atomic E-state index is 0.101. The van der Waals surface area contributed by atoms with Gasteiger partial charge in [0.1, 0.15) is 13.6 Å². The highest BCUT2D eigenvalue weighted by molar-refractivity contribution is 7.48. The zero-order chi connectivity index (χ0) is 34.9. The van der Waals surface area contributed by atoms with Gasteiger partial charge in [0.2, 0.25) is 0 Å². The van der Waals surface area contributed by atoms with Crippen molar-refractivity contribution >= 4 is 7.82 Å². The minimum Gasteiger partial charge on any atom is -0.355 e. The lowest BCUT2D eigenvalue weighted by Gasteiger charge is -2.17. The Morgan fingerprint density at radius 1 is 0.354 bits per heavy atom. The van der Waals surface area contributed by atoms with Crippen LogP contribution < -0.4 is 5.73 Å². The molecule has 0 fully saturated rings. The molecule has 0 radical (unpaired) electrons. The number of phosphoric acid groups is 1. The molecule has 0 aliphatic heterocycles. The summed E-state index contributed by atoms with van der Waals surface area (Å²) in [4.78, 5) is 0. The Balaban J connectivity index is 3.54. The predicted molar refractivity (Wildman–Crippen MR) is 199 cm³/mol. The van der Waals surface area contributed by atoms with Gasteiger partial charge < -0.3 is 24.7 Å². The third-order valence-corrected chi connectivity index (χ3v) is 9.85. The normalized spacial score (nSPS) is 12.0. The van der Waals surface area contributed by atoms with E-state index >= 15 is 0 Å². The first-order valence-corrected chi connectivity index (χ1v) is 21.7. The first kappa shape index (κ1) is 47.9. The molecule has 0 aromatic heterocycles. The highest BCUT2D eigenvalue weighted by Crippen LogP contribution is 2.49. The lowest BCUT2D eigenvalue weighted by Crippen LogP contribution is -2.12. The van der Waals surface area contributed by atoms with Gasteiger partial charge in [0.25, 0.3) is 0 Å². The van der Waals surface area contributed by atoms with E-state index in [2.05, 4.69) is 13.8 Å². The first-order valence-electron chi connectivity index (χ1n) is 20.2. The van der Waals surface area contributed by atoms with Crippen molar-refractivity contribution in [2.24, 2.45) is 5.73 Å². The zero-order valence-corrected chi connectivity index (χ0v) is 32.6. The molecule has 10 heteroatoms. The molecule has 0 spiro atoms. The molecule has 0 aromatic carbocycles. The van der Waals surface area contributed by atoms with E-state index in [0.29, 0.717) is 26.1 Å². The topological polar surface area (TPSA) is 108 Å². The summed E-state index contributed by atoms with van der Waals surface area (Å²) >= 11 is 0. The molecule has 290 valence electrons. The van der Waals surface area contributed by atoms with Crippen molar-refractivity contribution in [1.82, 2.24) is 0 Å². The first-order chi connectivity index (χ1) is 23.7. The Morgan fingerprint density at radius 2 is 0.625 bits per heavy atom. The van der Waals surface area contributed by atoms with Crippen LogP contribution in [0, 0.1) is 0 Å². The monoisotopic (exact) mass is 710 g/mol. The van der Waals surface area contributed by atoms with Crippen LogP contribution in [0.25, 0.3) is 0 Å². The molecular formula is C38H80NO8P.